The fourth-order valence-electron chi connectivity index (χ4n) is 2.97. The Labute approximate surface area is 156 Å². The summed E-state index contributed by atoms with van der Waals surface area (Å²) in [5.41, 5.74) is 1.63. The number of hydrogen-bond donors (Lipinski definition) is 0. The highest BCUT2D eigenvalue weighted by Gasteiger charge is 2.19. The summed E-state index contributed by atoms with van der Waals surface area (Å²) in [5.74, 6) is -1.22. The predicted molar refractivity (Wildman–Crippen MR) is 99.4 cm³/mol. The molecule has 1 heterocycles. The summed E-state index contributed by atoms with van der Waals surface area (Å²) in [7, 11) is 0. The first kappa shape index (κ1) is 18.8. The van der Waals surface area contributed by atoms with E-state index in [2.05, 4.69) is 4.98 Å². The van der Waals surface area contributed by atoms with E-state index in [1.165, 1.54) is 12.3 Å². The SMILES string of the molecule is CCN(C(=O)CCc1ncc(-c2c(F)cccc2F)o1)c1ccccc1C. The molecule has 0 radical (unpaired) electrons. The largest absolute Gasteiger partial charge is 0.441 e. The lowest BCUT2D eigenvalue weighted by atomic mass is 10.1. The zero-order valence-corrected chi connectivity index (χ0v) is 15.2. The number of para-hydroxylation sites is 1. The number of rotatable bonds is 6. The Morgan fingerprint density at radius 2 is 1.81 bits per heavy atom. The Morgan fingerprint density at radius 1 is 1.11 bits per heavy atom. The number of anilines is 1. The minimum absolute atomic E-state index is 0.0132. The van der Waals surface area contributed by atoms with E-state index in [-0.39, 0.29) is 36.0 Å². The number of aryl methyl sites for hydroxylation is 2. The topological polar surface area (TPSA) is 46.3 Å². The second-order valence-corrected chi connectivity index (χ2v) is 6.14. The van der Waals surface area contributed by atoms with Crippen LogP contribution < -0.4 is 4.90 Å². The van der Waals surface area contributed by atoms with Crippen molar-refractivity contribution >= 4 is 11.6 Å². The van der Waals surface area contributed by atoms with Crippen molar-refractivity contribution < 1.29 is 18.0 Å². The van der Waals surface area contributed by atoms with Gasteiger partial charge in [0, 0.05) is 25.1 Å². The molecular weight excluding hydrogens is 350 g/mol. The second kappa shape index (κ2) is 8.12. The predicted octanol–water partition coefficient (Wildman–Crippen LogP) is 4.91. The highest BCUT2D eigenvalue weighted by molar-refractivity contribution is 5.94. The van der Waals surface area contributed by atoms with E-state index in [0.717, 1.165) is 23.4 Å². The Bertz CT molecular complexity index is 933. The minimum Gasteiger partial charge on any atom is -0.441 e. The van der Waals surface area contributed by atoms with Crippen LogP contribution in [0.1, 0.15) is 24.8 Å². The van der Waals surface area contributed by atoms with E-state index in [4.69, 9.17) is 4.42 Å². The molecule has 6 heteroatoms. The molecule has 0 unspecified atom stereocenters. The van der Waals surface area contributed by atoms with E-state index in [9.17, 15) is 13.6 Å². The van der Waals surface area contributed by atoms with Gasteiger partial charge in [-0.15, -0.1) is 0 Å². The maximum absolute atomic E-state index is 13.8. The summed E-state index contributed by atoms with van der Waals surface area (Å²) in [6, 6.07) is 11.3. The van der Waals surface area contributed by atoms with Gasteiger partial charge >= 0.3 is 0 Å². The lowest BCUT2D eigenvalue weighted by Crippen LogP contribution is -2.31. The number of benzene rings is 2. The zero-order chi connectivity index (χ0) is 19.4. The third-order valence-corrected chi connectivity index (χ3v) is 4.34. The third-order valence-electron chi connectivity index (χ3n) is 4.34. The van der Waals surface area contributed by atoms with Crippen molar-refractivity contribution in [3.05, 3.63) is 71.8 Å². The fourth-order valence-corrected chi connectivity index (χ4v) is 2.97. The van der Waals surface area contributed by atoms with Gasteiger partial charge in [-0.05, 0) is 37.6 Å². The van der Waals surface area contributed by atoms with Crippen molar-refractivity contribution in [2.24, 2.45) is 0 Å². The average Bonchev–Trinajstić information content (AvgIpc) is 3.10. The first-order valence-electron chi connectivity index (χ1n) is 8.76. The number of amides is 1. The quantitative estimate of drug-likeness (QED) is 0.619. The molecule has 0 spiro atoms. The molecule has 0 bridgehead atoms. The molecule has 1 aromatic heterocycles. The van der Waals surface area contributed by atoms with Gasteiger partial charge in [-0.25, -0.2) is 13.8 Å². The Balaban J connectivity index is 1.71. The molecule has 0 atom stereocenters. The highest BCUT2D eigenvalue weighted by Crippen LogP contribution is 2.27. The molecular formula is C21H20F2N2O2. The van der Waals surface area contributed by atoms with Gasteiger partial charge in [-0.2, -0.15) is 0 Å². The Kier molecular flexibility index (Phi) is 5.64. The monoisotopic (exact) mass is 370 g/mol. The van der Waals surface area contributed by atoms with Crippen molar-refractivity contribution in [1.29, 1.82) is 0 Å². The highest BCUT2D eigenvalue weighted by atomic mass is 19.1. The van der Waals surface area contributed by atoms with Crippen LogP contribution in [0.15, 0.2) is 53.1 Å². The Morgan fingerprint density at radius 3 is 2.48 bits per heavy atom. The molecule has 3 aromatic rings. The van der Waals surface area contributed by atoms with Crippen LogP contribution in [0, 0.1) is 18.6 Å². The zero-order valence-electron chi connectivity index (χ0n) is 15.2. The first-order valence-corrected chi connectivity index (χ1v) is 8.76. The number of halogens is 2. The van der Waals surface area contributed by atoms with E-state index < -0.39 is 11.6 Å². The van der Waals surface area contributed by atoms with Gasteiger partial charge < -0.3 is 9.32 Å². The summed E-state index contributed by atoms with van der Waals surface area (Å²) in [6.07, 6.45) is 1.71. The van der Waals surface area contributed by atoms with Crippen LogP contribution in [-0.4, -0.2) is 17.4 Å². The maximum atomic E-state index is 13.8. The van der Waals surface area contributed by atoms with E-state index in [0.29, 0.717) is 6.54 Å². The van der Waals surface area contributed by atoms with Crippen LogP contribution in [0.2, 0.25) is 0 Å². The maximum Gasteiger partial charge on any atom is 0.227 e. The molecule has 0 aliphatic heterocycles. The molecule has 0 fully saturated rings. The average molecular weight is 370 g/mol. The summed E-state index contributed by atoms with van der Waals surface area (Å²) < 4.78 is 33.2. The van der Waals surface area contributed by atoms with Crippen molar-refractivity contribution in [3.8, 4) is 11.3 Å². The standard InChI is InChI=1S/C21H20F2N2O2/c1-3-25(17-10-5-4-7-14(17)2)20(26)12-11-19-24-13-18(27-19)21-15(22)8-6-9-16(21)23/h4-10,13H,3,11-12H2,1-2H3. The van der Waals surface area contributed by atoms with Gasteiger partial charge in [0.05, 0.1) is 11.8 Å². The molecule has 0 aliphatic carbocycles. The Hall–Kier alpha value is -3.02. The third kappa shape index (κ3) is 4.05. The molecule has 0 saturated heterocycles. The molecule has 3 rings (SSSR count). The van der Waals surface area contributed by atoms with E-state index in [1.54, 1.807) is 4.90 Å². The van der Waals surface area contributed by atoms with Crippen LogP contribution in [-0.2, 0) is 11.2 Å². The molecule has 140 valence electrons. The number of carbonyl (C=O) groups is 1. The lowest BCUT2D eigenvalue weighted by Gasteiger charge is -2.22. The summed E-state index contributed by atoms with van der Waals surface area (Å²) in [6.45, 7) is 4.41. The van der Waals surface area contributed by atoms with Gasteiger partial charge in [-0.1, -0.05) is 24.3 Å². The molecule has 0 aliphatic rings. The summed E-state index contributed by atoms with van der Waals surface area (Å²) in [4.78, 5) is 18.4. The second-order valence-electron chi connectivity index (χ2n) is 6.14. The molecule has 0 N–H and O–H groups in total. The molecule has 0 saturated carbocycles. The van der Waals surface area contributed by atoms with E-state index >= 15 is 0 Å². The smallest absolute Gasteiger partial charge is 0.227 e. The first-order chi connectivity index (χ1) is 13.0. The number of nitrogens with zero attached hydrogens (tertiary/aromatic N) is 2. The van der Waals surface area contributed by atoms with Crippen LogP contribution >= 0.6 is 0 Å². The molecule has 2 aromatic carbocycles. The summed E-state index contributed by atoms with van der Waals surface area (Å²) in [5, 5.41) is 0. The van der Waals surface area contributed by atoms with Gasteiger partial charge in [-0.3, -0.25) is 4.79 Å². The lowest BCUT2D eigenvalue weighted by molar-refractivity contribution is -0.118. The number of aromatic nitrogens is 1. The van der Waals surface area contributed by atoms with Crippen molar-refractivity contribution in [2.45, 2.75) is 26.7 Å². The van der Waals surface area contributed by atoms with Gasteiger partial charge in [0.1, 0.15) is 11.6 Å². The van der Waals surface area contributed by atoms with Crippen LogP contribution in [0.25, 0.3) is 11.3 Å². The minimum atomic E-state index is -0.717. The molecule has 4 nitrogen and oxygen atoms in total. The van der Waals surface area contributed by atoms with Crippen LogP contribution in [0.3, 0.4) is 0 Å². The number of oxazole rings is 1. The van der Waals surface area contributed by atoms with Crippen LogP contribution in [0.4, 0.5) is 14.5 Å². The van der Waals surface area contributed by atoms with Gasteiger partial charge in [0.2, 0.25) is 5.91 Å². The number of hydrogen-bond acceptors (Lipinski definition) is 3. The van der Waals surface area contributed by atoms with Crippen molar-refractivity contribution in [1.82, 2.24) is 4.98 Å². The molecule has 27 heavy (non-hydrogen) atoms. The van der Waals surface area contributed by atoms with Gasteiger partial charge in [0.25, 0.3) is 0 Å². The van der Waals surface area contributed by atoms with E-state index in [1.807, 2.05) is 38.1 Å². The normalized spacial score (nSPS) is 10.8. The summed E-state index contributed by atoms with van der Waals surface area (Å²) >= 11 is 0. The number of carbonyl (C=O) groups excluding carboxylic acids is 1. The molecule has 1 amide bonds. The van der Waals surface area contributed by atoms with Crippen molar-refractivity contribution in [2.75, 3.05) is 11.4 Å². The fraction of sp³-hybridized carbons (Fsp3) is 0.238. The van der Waals surface area contributed by atoms with Crippen LogP contribution in [0.5, 0.6) is 0 Å². The van der Waals surface area contributed by atoms with Gasteiger partial charge in [0.15, 0.2) is 11.7 Å². The van der Waals surface area contributed by atoms with Crippen molar-refractivity contribution in [3.63, 3.8) is 0 Å².